The van der Waals surface area contributed by atoms with Gasteiger partial charge in [0.15, 0.2) is 0 Å². The first kappa shape index (κ1) is 23.3. The number of hydrogen-bond donors (Lipinski definition) is 1. The smallest absolute Gasteiger partial charge is 0.277 e. The van der Waals surface area contributed by atoms with Crippen molar-refractivity contribution >= 4 is 17.3 Å². The number of hydrogen-bond acceptors (Lipinski definition) is 5. The lowest BCUT2D eigenvalue weighted by atomic mass is 9.91. The molecular weight excluding hydrogens is 517 g/mol. The summed E-state index contributed by atoms with van der Waals surface area (Å²) in [4.78, 5) is 22.8. The van der Waals surface area contributed by atoms with E-state index >= 15 is 0 Å². The summed E-state index contributed by atoms with van der Waals surface area (Å²) in [6, 6.07) is 7.43. The summed E-state index contributed by atoms with van der Waals surface area (Å²) in [7, 11) is 0. The van der Waals surface area contributed by atoms with E-state index in [9.17, 15) is 18.0 Å². The van der Waals surface area contributed by atoms with Crippen LogP contribution >= 0.6 is 11.6 Å². The number of anilines is 1. The van der Waals surface area contributed by atoms with Crippen LogP contribution in [-0.4, -0.2) is 21.1 Å². The Bertz CT molecular complexity index is 1720. The fourth-order valence-corrected chi connectivity index (χ4v) is 4.53. The molecule has 0 saturated heterocycles. The zero-order valence-corrected chi connectivity index (χ0v) is 21.7. The van der Waals surface area contributed by atoms with Gasteiger partial charge in [-0.15, -0.1) is 0 Å². The highest BCUT2D eigenvalue weighted by atomic mass is 35.5. The van der Waals surface area contributed by atoms with Gasteiger partial charge in [-0.3, -0.25) is 14.3 Å². The zero-order valence-electron chi connectivity index (χ0n) is 22.9. The summed E-state index contributed by atoms with van der Waals surface area (Å²) < 4.78 is 64.6. The molecule has 1 N–H and O–H groups in total. The number of ether oxygens (including phenoxy) is 1. The predicted molar refractivity (Wildman–Crippen MR) is 140 cm³/mol. The number of fused-ring (bicyclic) bond motifs is 1. The number of pyridine rings is 3. The number of nitrogens with zero attached hydrogens (tertiary/aromatic N) is 3. The summed E-state index contributed by atoms with van der Waals surface area (Å²) in [5.41, 5.74) is 2.34. The van der Waals surface area contributed by atoms with Crippen LogP contribution in [-0.2, 0) is 12.0 Å². The molecule has 0 bridgehead atoms. The molecule has 1 aliphatic heterocycles. The fraction of sp³-hybridized carbons (Fsp3) is 0.250. The maximum atomic E-state index is 14.3. The second-order valence-electron chi connectivity index (χ2n) is 9.74. The van der Waals surface area contributed by atoms with Crippen molar-refractivity contribution in [3.63, 3.8) is 0 Å². The van der Waals surface area contributed by atoms with Crippen molar-refractivity contribution in [1.82, 2.24) is 14.5 Å². The number of halogens is 4. The van der Waals surface area contributed by atoms with Gasteiger partial charge in [-0.05, 0) is 37.6 Å². The second kappa shape index (κ2) is 9.47. The number of aryl methyl sites for hydroxylation is 2. The first-order valence-corrected chi connectivity index (χ1v) is 12.1. The summed E-state index contributed by atoms with van der Waals surface area (Å²) >= 11 is 6.32. The van der Waals surface area contributed by atoms with Gasteiger partial charge in [-0.25, -0.2) is 18.2 Å². The quantitative estimate of drug-likeness (QED) is 0.322. The third kappa shape index (κ3) is 4.51. The molecule has 10 heteroatoms. The Morgan fingerprint density at radius 2 is 1.84 bits per heavy atom. The lowest BCUT2D eigenvalue weighted by Gasteiger charge is -2.18. The molecule has 6 nitrogen and oxygen atoms in total. The van der Waals surface area contributed by atoms with E-state index in [2.05, 4.69) is 24.1 Å². The summed E-state index contributed by atoms with van der Waals surface area (Å²) in [6.07, 6.45) is 1.60. The molecule has 0 spiro atoms. The molecule has 38 heavy (non-hydrogen) atoms. The van der Waals surface area contributed by atoms with Crippen molar-refractivity contribution < 1.29 is 20.6 Å². The van der Waals surface area contributed by atoms with E-state index in [1.54, 1.807) is 26.1 Å². The van der Waals surface area contributed by atoms with Crippen LogP contribution in [0, 0.1) is 31.3 Å². The summed E-state index contributed by atoms with van der Waals surface area (Å²) in [5, 5.41) is 2.82. The van der Waals surface area contributed by atoms with Gasteiger partial charge in [0.2, 0.25) is 0 Å². The lowest BCUT2D eigenvalue weighted by molar-refractivity contribution is 0.291. The molecule has 1 aromatic carbocycles. The first-order valence-electron chi connectivity index (χ1n) is 12.7. The van der Waals surface area contributed by atoms with Crippen molar-refractivity contribution in [3.05, 3.63) is 97.9 Å². The second-order valence-corrected chi connectivity index (χ2v) is 10.1. The molecule has 0 fully saturated rings. The monoisotopic (exact) mass is 542 g/mol. The molecule has 0 unspecified atom stereocenters. The van der Waals surface area contributed by atoms with E-state index in [0.717, 1.165) is 17.9 Å². The van der Waals surface area contributed by atoms with Crippen molar-refractivity contribution in [1.29, 1.82) is 0 Å². The molecule has 3 aromatic heterocycles. The van der Waals surface area contributed by atoms with Gasteiger partial charge in [-0.1, -0.05) is 25.4 Å². The van der Waals surface area contributed by atoms with E-state index in [1.807, 2.05) is 12.1 Å². The summed E-state index contributed by atoms with van der Waals surface area (Å²) in [6.45, 7) is 5.15. The Labute approximate surface area is 224 Å². The number of nitrogens with one attached hydrogen (secondary N) is 1. The third-order valence-corrected chi connectivity index (χ3v) is 6.75. The SMILES string of the molecule is [2H]C([2H])(Oc1cc(C)n(-c2cc(-c3ccc4c(n3)C(C)(C)CN4)ncc2C)c(=O)c1Cl)c1c(F)cc(F)cc1F. The number of aromatic nitrogens is 3. The molecule has 0 atom stereocenters. The first-order chi connectivity index (χ1) is 18.7. The third-order valence-electron chi connectivity index (χ3n) is 6.40. The normalized spacial score (nSPS) is 14.9. The Hall–Kier alpha value is -3.85. The maximum absolute atomic E-state index is 14.3. The highest BCUT2D eigenvalue weighted by Gasteiger charge is 2.31. The Morgan fingerprint density at radius 1 is 1.13 bits per heavy atom. The van der Waals surface area contributed by atoms with Gasteiger partial charge in [0.25, 0.3) is 5.56 Å². The fourth-order valence-electron chi connectivity index (χ4n) is 4.36. The summed E-state index contributed by atoms with van der Waals surface area (Å²) in [5.74, 6) is -4.62. The average Bonchev–Trinajstić information content (AvgIpc) is 3.16. The minimum atomic E-state index is -3.11. The van der Waals surface area contributed by atoms with Gasteiger partial charge < -0.3 is 10.1 Å². The molecule has 0 aliphatic carbocycles. The average molecular weight is 543 g/mol. The molecule has 196 valence electrons. The van der Waals surface area contributed by atoms with Gasteiger partial charge in [0, 0.05) is 42.0 Å². The zero-order chi connectivity index (χ0) is 29.1. The number of benzene rings is 1. The molecule has 0 radical (unpaired) electrons. The highest BCUT2D eigenvalue weighted by molar-refractivity contribution is 6.31. The van der Waals surface area contributed by atoms with Crippen LogP contribution in [0.25, 0.3) is 17.1 Å². The lowest BCUT2D eigenvalue weighted by Crippen LogP contribution is -2.23. The number of rotatable bonds is 5. The molecule has 0 amide bonds. The van der Waals surface area contributed by atoms with Crippen molar-refractivity contribution in [3.8, 4) is 22.8 Å². The van der Waals surface area contributed by atoms with E-state index < -0.39 is 45.9 Å². The van der Waals surface area contributed by atoms with Gasteiger partial charge >= 0.3 is 0 Å². The van der Waals surface area contributed by atoms with Crippen molar-refractivity contribution in [2.24, 2.45) is 0 Å². The van der Waals surface area contributed by atoms with Crippen LogP contribution in [0.4, 0.5) is 18.9 Å². The van der Waals surface area contributed by atoms with Crippen molar-refractivity contribution in [2.45, 2.75) is 39.7 Å². The standard InChI is InChI=1S/C28H24ClF3N4O2/c1-14-11-33-22(20-5-6-21-26(35-20)28(3,4)13-34-21)10-23(14)36-15(2)7-24(25(29)27(36)37)38-12-17-18(31)8-16(30)9-19(17)32/h5-11,34H,12-13H2,1-4H3/i12D2. The van der Waals surface area contributed by atoms with Gasteiger partial charge in [0.1, 0.15) is 34.8 Å². The van der Waals surface area contributed by atoms with E-state index in [1.165, 1.54) is 10.6 Å². The Balaban J connectivity index is 1.56. The molecule has 1 aliphatic rings. The van der Waals surface area contributed by atoms with E-state index in [0.29, 0.717) is 40.5 Å². The predicted octanol–water partition coefficient (Wildman–Crippen LogP) is 6.26. The van der Waals surface area contributed by atoms with E-state index in [-0.39, 0.29) is 5.41 Å². The van der Waals surface area contributed by atoms with Crippen LogP contribution in [0.5, 0.6) is 5.75 Å². The largest absolute Gasteiger partial charge is 0.487 e. The van der Waals surface area contributed by atoms with Crippen molar-refractivity contribution in [2.75, 3.05) is 11.9 Å². The van der Waals surface area contributed by atoms with Crippen LogP contribution in [0.1, 0.15) is 39.1 Å². The van der Waals surface area contributed by atoms with E-state index in [4.69, 9.17) is 24.1 Å². The maximum Gasteiger partial charge on any atom is 0.277 e. The Morgan fingerprint density at radius 3 is 2.55 bits per heavy atom. The van der Waals surface area contributed by atoms with Crippen LogP contribution < -0.4 is 15.6 Å². The van der Waals surface area contributed by atoms with Gasteiger partial charge in [-0.2, -0.15) is 0 Å². The van der Waals surface area contributed by atoms with Gasteiger partial charge in [0.05, 0.1) is 36.8 Å². The van der Waals surface area contributed by atoms with Crippen LogP contribution in [0.15, 0.2) is 47.4 Å². The highest BCUT2D eigenvalue weighted by Crippen LogP contribution is 2.36. The molecule has 0 saturated carbocycles. The van der Waals surface area contributed by atoms with Crippen LogP contribution in [0.3, 0.4) is 0 Å². The topological polar surface area (TPSA) is 69.0 Å². The Kier molecular flexibility index (Phi) is 5.80. The molecule has 4 heterocycles. The molecule has 4 aromatic rings. The van der Waals surface area contributed by atoms with Crippen LogP contribution in [0.2, 0.25) is 5.02 Å². The minimum Gasteiger partial charge on any atom is -0.487 e. The molecular formula is C28H24ClF3N4O2. The minimum absolute atomic E-state index is 0.166. The molecule has 5 rings (SSSR count).